The molecule has 0 aliphatic carbocycles. The Balaban J connectivity index is 1.49. The predicted octanol–water partition coefficient (Wildman–Crippen LogP) is 6.54. The maximum atomic E-state index is 13.1. The molecule has 0 radical (unpaired) electrons. The van der Waals surface area contributed by atoms with Crippen LogP contribution in [0.2, 0.25) is 0 Å². The highest BCUT2D eigenvalue weighted by Gasteiger charge is 2.27. The van der Waals surface area contributed by atoms with Gasteiger partial charge in [-0.2, -0.15) is 0 Å². The van der Waals surface area contributed by atoms with E-state index in [1.807, 2.05) is 58.0 Å². The zero-order valence-electron chi connectivity index (χ0n) is 21.5. The number of benzene rings is 2. The lowest BCUT2D eigenvalue weighted by molar-refractivity contribution is 0.00572. The molecule has 1 aliphatic heterocycles. The number of aromatic nitrogens is 2. The Bertz CT molecular complexity index is 1170. The van der Waals surface area contributed by atoms with Gasteiger partial charge in [-0.3, -0.25) is 0 Å². The summed E-state index contributed by atoms with van der Waals surface area (Å²) in [7, 11) is 0. The van der Waals surface area contributed by atoms with Gasteiger partial charge in [-0.05, 0) is 76.3 Å². The van der Waals surface area contributed by atoms with Crippen LogP contribution in [0.15, 0.2) is 59.1 Å². The van der Waals surface area contributed by atoms with Gasteiger partial charge in [0, 0.05) is 29.7 Å². The summed E-state index contributed by atoms with van der Waals surface area (Å²) in [6, 6.07) is 18.3. The summed E-state index contributed by atoms with van der Waals surface area (Å²) in [6.07, 6.45) is 2.82. The molecule has 1 saturated heterocycles. The third-order valence-corrected chi connectivity index (χ3v) is 6.71. The molecule has 1 aromatic heterocycles. The van der Waals surface area contributed by atoms with E-state index in [0.717, 1.165) is 42.4 Å². The average Bonchev–Trinajstić information content (AvgIpc) is 2.84. The number of hydrogen-bond acceptors (Lipinski definition) is 6. The van der Waals surface area contributed by atoms with Crippen molar-refractivity contribution in [2.24, 2.45) is 5.92 Å². The van der Waals surface area contributed by atoms with Crippen LogP contribution in [0.3, 0.4) is 0 Å². The number of hydrogen-bond donors (Lipinski definition) is 0. The van der Waals surface area contributed by atoms with Gasteiger partial charge in [-0.1, -0.05) is 46.3 Å². The summed E-state index contributed by atoms with van der Waals surface area (Å²) < 4.78 is 12.8. The molecule has 0 unspecified atom stereocenters. The molecule has 2 heterocycles. The van der Waals surface area contributed by atoms with Crippen molar-refractivity contribution in [3.05, 3.63) is 81.8 Å². The topological polar surface area (TPSA) is 64.6 Å². The number of nitrogens with zero attached hydrogens (tertiary/aromatic N) is 3. The predicted molar refractivity (Wildman–Crippen MR) is 145 cm³/mol. The first-order valence-corrected chi connectivity index (χ1v) is 13.3. The Kier molecular flexibility index (Phi) is 8.29. The highest BCUT2D eigenvalue weighted by molar-refractivity contribution is 9.10. The number of carbonyl (C=O) groups is 1. The molecule has 4 rings (SSSR count). The molecule has 6 nitrogen and oxygen atoms in total. The van der Waals surface area contributed by atoms with Gasteiger partial charge in [0.05, 0.1) is 5.69 Å². The Morgan fingerprint density at radius 3 is 2.33 bits per heavy atom. The molecule has 7 heteroatoms. The van der Waals surface area contributed by atoms with Crippen LogP contribution in [0.25, 0.3) is 0 Å². The molecule has 0 bridgehead atoms. The van der Waals surface area contributed by atoms with Crippen LogP contribution in [-0.2, 0) is 17.8 Å². The first-order chi connectivity index (χ1) is 17.2. The molecule has 2 aromatic carbocycles. The normalized spacial score (nSPS) is 14.5. The van der Waals surface area contributed by atoms with Crippen LogP contribution >= 0.6 is 15.9 Å². The molecule has 0 atom stereocenters. The van der Waals surface area contributed by atoms with Crippen molar-refractivity contribution in [1.82, 2.24) is 9.97 Å². The molecule has 0 saturated carbocycles. The molecule has 1 fully saturated rings. The van der Waals surface area contributed by atoms with Gasteiger partial charge in [0.2, 0.25) is 0 Å². The summed E-state index contributed by atoms with van der Waals surface area (Å²) in [5.41, 5.74) is 2.48. The Hall–Kier alpha value is -2.93. The lowest BCUT2D eigenvalue weighted by Gasteiger charge is -2.33. The first-order valence-electron chi connectivity index (χ1n) is 12.5. The van der Waals surface area contributed by atoms with E-state index < -0.39 is 11.6 Å². The molecule has 1 aliphatic rings. The molecule has 0 spiro atoms. The highest BCUT2D eigenvalue weighted by atomic mass is 79.9. The van der Waals surface area contributed by atoms with E-state index in [2.05, 4.69) is 50.1 Å². The molecule has 190 valence electrons. The van der Waals surface area contributed by atoms with Crippen molar-refractivity contribution < 1.29 is 14.3 Å². The Morgan fingerprint density at radius 1 is 1.03 bits per heavy atom. The third-order valence-electron chi connectivity index (χ3n) is 6.18. The fraction of sp³-hybridized carbons (Fsp3) is 0.414. The lowest BCUT2D eigenvalue weighted by atomic mass is 9.93. The van der Waals surface area contributed by atoms with Crippen molar-refractivity contribution in [2.75, 3.05) is 18.0 Å². The van der Waals surface area contributed by atoms with Crippen molar-refractivity contribution in [2.45, 2.75) is 59.2 Å². The lowest BCUT2D eigenvalue weighted by Crippen LogP contribution is -2.34. The third kappa shape index (κ3) is 7.06. The van der Waals surface area contributed by atoms with Crippen molar-refractivity contribution in [1.29, 1.82) is 0 Å². The van der Waals surface area contributed by atoms with Gasteiger partial charge in [0.1, 0.15) is 18.0 Å². The van der Waals surface area contributed by atoms with Crippen LogP contribution in [-0.4, -0.2) is 34.6 Å². The fourth-order valence-electron chi connectivity index (χ4n) is 4.38. The van der Waals surface area contributed by atoms with Crippen LogP contribution in [0.4, 0.5) is 5.69 Å². The van der Waals surface area contributed by atoms with Gasteiger partial charge < -0.3 is 14.4 Å². The maximum Gasteiger partial charge on any atom is 0.361 e. The van der Waals surface area contributed by atoms with E-state index >= 15 is 0 Å². The Morgan fingerprint density at radius 2 is 1.69 bits per heavy atom. The number of anilines is 1. The van der Waals surface area contributed by atoms with Crippen LogP contribution in [0.1, 0.15) is 61.2 Å². The van der Waals surface area contributed by atoms with Crippen molar-refractivity contribution in [3.63, 3.8) is 0 Å². The minimum atomic E-state index is -0.632. The van der Waals surface area contributed by atoms with Gasteiger partial charge in [-0.25, -0.2) is 14.8 Å². The molecular formula is C29H34BrN3O3. The minimum Gasteiger partial charge on any atom is -0.484 e. The molecule has 0 amide bonds. The van der Waals surface area contributed by atoms with E-state index in [9.17, 15) is 4.79 Å². The van der Waals surface area contributed by atoms with Gasteiger partial charge >= 0.3 is 5.97 Å². The van der Waals surface area contributed by atoms with E-state index in [4.69, 9.17) is 14.5 Å². The molecule has 36 heavy (non-hydrogen) atoms. The molecular weight excluding hydrogens is 518 g/mol. The number of piperidine rings is 1. The van der Waals surface area contributed by atoms with Gasteiger partial charge in [0.15, 0.2) is 11.4 Å². The monoisotopic (exact) mass is 551 g/mol. The Labute approximate surface area is 222 Å². The highest BCUT2D eigenvalue weighted by Crippen LogP contribution is 2.29. The van der Waals surface area contributed by atoms with Crippen LogP contribution in [0, 0.1) is 12.8 Å². The summed E-state index contributed by atoms with van der Waals surface area (Å²) >= 11 is 3.51. The summed E-state index contributed by atoms with van der Waals surface area (Å²) in [4.78, 5) is 25.0. The first kappa shape index (κ1) is 26.1. The second-order valence-corrected chi connectivity index (χ2v) is 11.2. The second-order valence-electron chi connectivity index (χ2n) is 10.3. The SMILES string of the molecule is Cc1nc(CC2CCN(c3ccc(Br)cc3)CC2)nc(C(=O)OC(C)(C)C)c1OCc1ccccc1. The summed E-state index contributed by atoms with van der Waals surface area (Å²) in [5, 5.41) is 0. The molecule has 3 aromatic rings. The molecule has 0 N–H and O–H groups in total. The average molecular weight is 553 g/mol. The number of ether oxygens (including phenoxy) is 2. The second kappa shape index (κ2) is 11.4. The summed E-state index contributed by atoms with van der Waals surface area (Å²) in [5.74, 6) is 1.03. The maximum absolute atomic E-state index is 13.1. The number of esters is 1. The quantitative estimate of drug-likeness (QED) is 0.310. The van der Waals surface area contributed by atoms with E-state index in [-0.39, 0.29) is 5.69 Å². The van der Waals surface area contributed by atoms with E-state index in [1.54, 1.807) is 0 Å². The zero-order chi connectivity index (χ0) is 25.7. The fourth-order valence-corrected chi connectivity index (χ4v) is 4.65. The summed E-state index contributed by atoms with van der Waals surface area (Å²) in [6.45, 7) is 9.73. The van der Waals surface area contributed by atoms with Crippen LogP contribution in [0.5, 0.6) is 5.75 Å². The van der Waals surface area contributed by atoms with Crippen LogP contribution < -0.4 is 9.64 Å². The number of halogens is 1. The van der Waals surface area contributed by atoms with Crippen molar-refractivity contribution in [3.8, 4) is 5.75 Å². The van der Waals surface area contributed by atoms with Crippen molar-refractivity contribution >= 4 is 27.6 Å². The number of rotatable bonds is 7. The zero-order valence-corrected chi connectivity index (χ0v) is 23.0. The minimum absolute atomic E-state index is 0.204. The number of aryl methyl sites for hydroxylation is 1. The van der Waals surface area contributed by atoms with E-state index in [0.29, 0.717) is 29.8 Å². The van der Waals surface area contributed by atoms with Gasteiger partial charge in [0.25, 0.3) is 0 Å². The van der Waals surface area contributed by atoms with E-state index in [1.165, 1.54) is 5.69 Å². The standard InChI is InChI=1S/C29H34BrN3O3/c1-20-27(35-19-22-8-6-5-7-9-22)26(28(34)36-29(2,3)4)32-25(31-20)18-21-14-16-33(17-15-21)24-12-10-23(30)11-13-24/h5-13,21H,14-19H2,1-4H3. The number of carbonyl (C=O) groups excluding carboxylic acids is 1. The smallest absolute Gasteiger partial charge is 0.361 e. The van der Waals surface area contributed by atoms with Gasteiger partial charge in [-0.15, -0.1) is 0 Å². The largest absolute Gasteiger partial charge is 0.484 e.